The van der Waals surface area contributed by atoms with Crippen molar-refractivity contribution in [1.29, 1.82) is 0 Å². The van der Waals surface area contributed by atoms with Gasteiger partial charge < -0.3 is 5.32 Å². The largest absolute Gasteiger partial charge is 0.366 e. The molecule has 0 saturated carbocycles. The molecule has 3 N–H and O–H groups in total. The fraction of sp³-hybridized carbons (Fsp3) is 0.692. The Kier molecular flexibility index (Phi) is 7.66. The molecular weight excluding hydrogens is 306 g/mol. The van der Waals surface area contributed by atoms with Gasteiger partial charge >= 0.3 is 0 Å². The second-order valence-electron chi connectivity index (χ2n) is 5.03. The SMILES string of the molecule is CCS(=O)(=O)NCC(C)Nc1cc(CC(C)ONC)ncn1. The first-order valence-corrected chi connectivity index (χ1v) is 8.88. The van der Waals surface area contributed by atoms with Crippen LogP contribution in [0.2, 0.25) is 0 Å². The Bertz CT molecular complexity index is 552. The van der Waals surface area contributed by atoms with Gasteiger partial charge in [-0.2, -0.15) is 0 Å². The van der Waals surface area contributed by atoms with Crippen LogP contribution in [0.25, 0.3) is 0 Å². The van der Waals surface area contributed by atoms with E-state index in [2.05, 4.69) is 25.5 Å². The summed E-state index contributed by atoms with van der Waals surface area (Å²) in [6, 6.07) is 1.75. The van der Waals surface area contributed by atoms with E-state index < -0.39 is 10.0 Å². The molecule has 126 valence electrons. The second-order valence-corrected chi connectivity index (χ2v) is 7.12. The highest BCUT2D eigenvalue weighted by atomic mass is 32.2. The predicted octanol–water partition coefficient (Wildman–Crippen LogP) is 0.298. The van der Waals surface area contributed by atoms with Gasteiger partial charge in [-0.3, -0.25) is 4.84 Å². The summed E-state index contributed by atoms with van der Waals surface area (Å²) in [4.78, 5) is 13.6. The van der Waals surface area contributed by atoms with Gasteiger partial charge in [0.2, 0.25) is 10.0 Å². The molecular formula is C13H25N5O3S. The maximum Gasteiger partial charge on any atom is 0.211 e. The Morgan fingerprint density at radius 2 is 2.05 bits per heavy atom. The van der Waals surface area contributed by atoms with E-state index in [0.29, 0.717) is 18.8 Å². The maximum atomic E-state index is 11.4. The van der Waals surface area contributed by atoms with Crippen LogP contribution in [0.5, 0.6) is 0 Å². The molecule has 8 nitrogen and oxygen atoms in total. The van der Waals surface area contributed by atoms with Crippen molar-refractivity contribution in [3.8, 4) is 0 Å². The number of nitrogens with one attached hydrogen (secondary N) is 3. The van der Waals surface area contributed by atoms with E-state index >= 15 is 0 Å². The Morgan fingerprint density at radius 3 is 2.68 bits per heavy atom. The van der Waals surface area contributed by atoms with Gasteiger partial charge in [-0.25, -0.2) is 28.6 Å². The number of rotatable bonds is 10. The van der Waals surface area contributed by atoms with E-state index in [0.717, 1.165) is 5.69 Å². The molecule has 9 heteroatoms. The molecule has 0 bridgehead atoms. The quantitative estimate of drug-likeness (QED) is 0.529. The van der Waals surface area contributed by atoms with Crippen molar-refractivity contribution in [3.05, 3.63) is 18.1 Å². The molecule has 22 heavy (non-hydrogen) atoms. The molecule has 0 aliphatic carbocycles. The van der Waals surface area contributed by atoms with Crippen molar-refractivity contribution in [2.45, 2.75) is 39.3 Å². The zero-order valence-electron chi connectivity index (χ0n) is 13.5. The summed E-state index contributed by atoms with van der Waals surface area (Å²) < 4.78 is 25.3. The normalized spacial score (nSPS) is 14.5. The lowest BCUT2D eigenvalue weighted by atomic mass is 10.2. The number of nitrogens with zero attached hydrogens (tertiary/aromatic N) is 2. The van der Waals surface area contributed by atoms with Gasteiger partial charge in [0.15, 0.2) is 0 Å². The smallest absolute Gasteiger partial charge is 0.211 e. The van der Waals surface area contributed by atoms with Crippen LogP contribution < -0.4 is 15.5 Å². The average molecular weight is 331 g/mol. The fourth-order valence-electron chi connectivity index (χ4n) is 1.78. The molecule has 1 rings (SSSR count). The average Bonchev–Trinajstić information content (AvgIpc) is 2.46. The molecule has 0 aliphatic rings. The monoisotopic (exact) mass is 331 g/mol. The van der Waals surface area contributed by atoms with Gasteiger partial charge in [-0.05, 0) is 20.8 Å². The van der Waals surface area contributed by atoms with Gasteiger partial charge in [-0.15, -0.1) is 0 Å². The van der Waals surface area contributed by atoms with Crippen molar-refractivity contribution in [2.75, 3.05) is 24.7 Å². The first-order valence-electron chi connectivity index (χ1n) is 7.23. The zero-order valence-corrected chi connectivity index (χ0v) is 14.3. The van der Waals surface area contributed by atoms with Crippen molar-refractivity contribution >= 4 is 15.8 Å². The van der Waals surface area contributed by atoms with E-state index in [9.17, 15) is 8.42 Å². The van der Waals surface area contributed by atoms with Crippen LogP contribution >= 0.6 is 0 Å². The van der Waals surface area contributed by atoms with E-state index in [4.69, 9.17) is 4.84 Å². The molecule has 1 heterocycles. The number of hydrogen-bond donors (Lipinski definition) is 3. The van der Waals surface area contributed by atoms with Crippen LogP contribution in [0, 0.1) is 0 Å². The molecule has 1 aromatic heterocycles. The topological polar surface area (TPSA) is 105 Å². The number of anilines is 1. The highest BCUT2D eigenvalue weighted by Crippen LogP contribution is 2.08. The van der Waals surface area contributed by atoms with Crippen LogP contribution in [-0.4, -0.2) is 49.9 Å². The van der Waals surface area contributed by atoms with E-state index in [1.807, 2.05) is 19.9 Å². The van der Waals surface area contributed by atoms with Crippen LogP contribution in [-0.2, 0) is 21.3 Å². The third kappa shape index (κ3) is 7.12. The van der Waals surface area contributed by atoms with E-state index in [1.165, 1.54) is 6.33 Å². The third-order valence-corrected chi connectivity index (χ3v) is 4.29. The zero-order chi connectivity index (χ0) is 16.6. The van der Waals surface area contributed by atoms with Gasteiger partial charge in [0.25, 0.3) is 0 Å². The number of sulfonamides is 1. The number of hydroxylamine groups is 1. The molecule has 0 saturated heterocycles. The molecule has 1 aromatic rings. The molecule has 0 amide bonds. The Labute approximate surface area is 132 Å². The third-order valence-electron chi connectivity index (χ3n) is 2.92. The molecule has 0 aromatic carbocycles. The van der Waals surface area contributed by atoms with Crippen LogP contribution in [0.3, 0.4) is 0 Å². The Morgan fingerprint density at radius 1 is 1.32 bits per heavy atom. The second kappa shape index (κ2) is 8.99. The molecule has 0 aliphatic heterocycles. The number of hydrogen-bond acceptors (Lipinski definition) is 7. The molecule has 2 atom stereocenters. The van der Waals surface area contributed by atoms with Gasteiger partial charge in [0, 0.05) is 37.8 Å². The van der Waals surface area contributed by atoms with Crippen molar-refractivity contribution in [2.24, 2.45) is 0 Å². The van der Waals surface area contributed by atoms with E-state index in [1.54, 1.807) is 14.0 Å². The predicted molar refractivity (Wildman–Crippen MR) is 85.9 cm³/mol. The summed E-state index contributed by atoms with van der Waals surface area (Å²) in [5.74, 6) is 0.727. The molecule has 2 unspecified atom stereocenters. The van der Waals surface area contributed by atoms with Gasteiger partial charge in [0.1, 0.15) is 12.1 Å². The Hall–Kier alpha value is -1.29. The highest BCUT2D eigenvalue weighted by Gasteiger charge is 2.11. The summed E-state index contributed by atoms with van der Waals surface area (Å²) in [6.45, 7) is 5.72. The van der Waals surface area contributed by atoms with Crippen molar-refractivity contribution < 1.29 is 13.3 Å². The minimum absolute atomic E-state index is 0.0125. The first-order chi connectivity index (χ1) is 10.4. The molecule has 0 radical (unpaired) electrons. The van der Waals surface area contributed by atoms with Crippen LogP contribution in [0.1, 0.15) is 26.5 Å². The van der Waals surface area contributed by atoms with E-state index in [-0.39, 0.29) is 17.9 Å². The fourth-order valence-corrected chi connectivity index (χ4v) is 2.49. The van der Waals surface area contributed by atoms with Gasteiger partial charge in [0.05, 0.1) is 11.9 Å². The summed E-state index contributed by atoms with van der Waals surface area (Å²) in [6.07, 6.45) is 2.11. The lowest BCUT2D eigenvalue weighted by molar-refractivity contribution is -0.00108. The van der Waals surface area contributed by atoms with Gasteiger partial charge in [-0.1, -0.05) is 0 Å². The van der Waals surface area contributed by atoms with Crippen LogP contribution in [0.15, 0.2) is 12.4 Å². The van der Waals surface area contributed by atoms with Crippen LogP contribution in [0.4, 0.5) is 5.82 Å². The summed E-state index contributed by atoms with van der Waals surface area (Å²) in [5.41, 5.74) is 3.50. The van der Waals surface area contributed by atoms with Crippen molar-refractivity contribution in [3.63, 3.8) is 0 Å². The highest BCUT2D eigenvalue weighted by molar-refractivity contribution is 7.89. The summed E-state index contributed by atoms with van der Waals surface area (Å²) in [5, 5.41) is 3.15. The standard InChI is InChI=1S/C13H25N5O3S/c1-5-22(19,20)17-8-10(2)18-13-7-12(15-9-16-13)6-11(3)21-14-4/h7,9-11,14,17H,5-6,8H2,1-4H3,(H,15,16,18). The molecule has 0 fully saturated rings. The maximum absolute atomic E-state index is 11.4. The summed E-state index contributed by atoms with van der Waals surface area (Å²) >= 11 is 0. The van der Waals surface area contributed by atoms with Crippen molar-refractivity contribution in [1.82, 2.24) is 20.2 Å². The number of aromatic nitrogens is 2. The first kappa shape index (κ1) is 18.8. The summed E-state index contributed by atoms with van der Waals surface area (Å²) in [7, 11) is -1.47. The molecule has 0 spiro atoms. The lowest BCUT2D eigenvalue weighted by Gasteiger charge is -2.16. The lowest BCUT2D eigenvalue weighted by Crippen LogP contribution is -2.35. The Balaban J connectivity index is 2.55. The minimum Gasteiger partial charge on any atom is -0.366 e. The minimum atomic E-state index is -3.18.